The van der Waals surface area contributed by atoms with Crippen LogP contribution in [0.4, 0.5) is 5.69 Å². The summed E-state index contributed by atoms with van der Waals surface area (Å²) in [5.74, 6) is -1.46. The first-order chi connectivity index (χ1) is 8.86. The minimum absolute atomic E-state index is 0.0318. The fourth-order valence-electron chi connectivity index (χ4n) is 1.76. The van der Waals surface area contributed by atoms with Crippen molar-refractivity contribution in [3.8, 4) is 0 Å². The van der Waals surface area contributed by atoms with Gasteiger partial charge in [0.05, 0.1) is 11.6 Å². The molecule has 4 N–H and O–H groups in total. The molecule has 1 aromatic rings. The molecule has 19 heavy (non-hydrogen) atoms. The molecule has 1 rings (SSSR count). The lowest BCUT2D eigenvalue weighted by molar-refractivity contribution is -0.141. The van der Waals surface area contributed by atoms with Crippen LogP contribution in [0.2, 0.25) is 0 Å². The van der Waals surface area contributed by atoms with E-state index in [-0.39, 0.29) is 11.4 Å². The number of sulfonamides is 1. The van der Waals surface area contributed by atoms with Crippen molar-refractivity contribution in [2.75, 3.05) is 11.9 Å². The maximum Gasteiger partial charge on any atom is 0.308 e. The van der Waals surface area contributed by atoms with E-state index >= 15 is 0 Å². The molecular weight excluding hydrogens is 268 g/mol. The van der Waals surface area contributed by atoms with Gasteiger partial charge in [-0.15, -0.1) is 0 Å². The Bertz CT molecular complexity index is 542. The van der Waals surface area contributed by atoms with E-state index in [2.05, 4.69) is 5.32 Å². The number of hydrogen-bond acceptors (Lipinski definition) is 4. The summed E-state index contributed by atoms with van der Waals surface area (Å²) in [5, 5.41) is 17.0. The summed E-state index contributed by atoms with van der Waals surface area (Å²) >= 11 is 0. The number of para-hydroxylation sites is 1. The normalized spacial score (nSPS) is 12.9. The molecule has 0 saturated carbocycles. The van der Waals surface area contributed by atoms with Gasteiger partial charge in [0.1, 0.15) is 4.90 Å². The van der Waals surface area contributed by atoms with Crippen molar-refractivity contribution in [3.63, 3.8) is 0 Å². The highest BCUT2D eigenvalue weighted by Crippen LogP contribution is 2.20. The summed E-state index contributed by atoms with van der Waals surface area (Å²) in [6, 6.07) is 6.16. The predicted molar refractivity (Wildman–Crippen MR) is 72.3 cm³/mol. The molecule has 0 fully saturated rings. The summed E-state index contributed by atoms with van der Waals surface area (Å²) in [6.07, 6.45) is 1.27. The van der Waals surface area contributed by atoms with Crippen LogP contribution in [0.3, 0.4) is 0 Å². The molecule has 1 unspecified atom stereocenters. The van der Waals surface area contributed by atoms with Gasteiger partial charge < -0.3 is 10.4 Å². The molecule has 1 aromatic carbocycles. The first-order valence-corrected chi connectivity index (χ1v) is 7.49. The highest BCUT2D eigenvalue weighted by Gasteiger charge is 2.18. The molecule has 0 aliphatic carbocycles. The number of rotatable bonds is 7. The lowest BCUT2D eigenvalue weighted by atomic mass is 10.0. The topological polar surface area (TPSA) is 109 Å². The molecule has 0 heterocycles. The maximum absolute atomic E-state index is 11.4. The Labute approximate surface area is 112 Å². The minimum Gasteiger partial charge on any atom is -0.481 e. The lowest BCUT2D eigenvalue weighted by Crippen LogP contribution is -2.24. The van der Waals surface area contributed by atoms with Crippen molar-refractivity contribution in [1.29, 1.82) is 0 Å². The number of anilines is 1. The van der Waals surface area contributed by atoms with E-state index < -0.39 is 21.9 Å². The number of carboxylic acid groups (broad SMARTS) is 1. The first kappa shape index (κ1) is 15.5. The third-order valence-corrected chi connectivity index (χ3v) is 3.69. The van der Waals surface area contributed by atoms with Crippen LogP contribution in [-0.2, 0) is 14.8 Å². The van der Waals surface area contributed by atoms with E-state index in [0.29, 0.717) is 12.1 Å². The smallest absolute Gasteiger partial charge is 0.308 e. The van der Waals surface area contributed by atoms with Crippen molar-refractivity contribution < 1.29 is 18.3 Å². The number of carboxylic acids is 1. The van der Waals surface area contributed by atoms with Crippen LogP contribution in [-0.4, -0.2) is 26.0 Å². The summed E-state index contributed by atoms with van der Waals surface area (Å²) in [7, 11) is -3.82. The number of nitrogens with two attached hydrogens (primary N) is 1. The maximum atomic E-state index is 11.4. The number of nitrogens with one attached hydrogen (secondary N) is 1. The molecule has 0 spiro atoms. The molecule has 0 aliphatic heterocycles. The Kier molecular flexibility index (Phi) is 5.31. The van der Waals surface area contributed by atoms with Crippen LogP contribution in [0.15, 0.2) is 29.2 Å². The van der Waals surface area contributed by atoms with E-state index in [4.69, 9.17) is 10.2 Å². The predicted octanol–water partition coefficient (Wildman–Crippen LogP) is 1.25. The van der Waals surface area contributed by atoms with E-state index in [9.17, 15) is 13.2 Å². The van der Waals surface area contributed by atoms with Gasteiger partial charge in [-0.2, -0.15) is 0 Å². The van der Waals surface area contributed by atoms with Gasteiger partial charge in [0.15, 0.2) is 0 Å². The van der Waals surface area contributed by atoms with Crippen LogP contribution < -0.4 is 10.5 Å². The highest BCUT2D eigenvalue weighted by molar-refractivity contribution is 7.89. The molecule has 6 nitrogen and oxygen atoms in total. The van der Waals surface area contributed by atoms with E-state index in [1.165, 1.54) is 6.07 Å². The van der Waals surface area contributed by atoms with Gasteiger partial charge in [-0.25, -0.2) is 13.6 Å². The van der Waals surface area contributed by atoms with Crippen molar-refractivity contribution in [3.05, 3.63) is 24.3 Å². The molecule has 0 bridgehead atoms. The average molecular weight is 286 g/mol. The molecule has 106 valence electrons. The fraction of sp³-hybridized carbons (Fsp3) is 0.417. The van der Waals surface area contributed by atoms with E-state index in [1.54, 1.807) is 18.2 Å². The lowest BCUT2D eigenvalue weighted by Gasteiger charge is -2.15. The van der Waals surface area contributed by atoms with Crippen molar-refractivity contribution in [2.24, 2.45) is 11.1 Å². The van der Waals surface area contributed by atoms with E-state index in [0.717, 1.165) is 6.42 Å². The van der Waals surface area contributed by atoms with Gasteiger partial charge in [-0.1, -0.05) is 25.5 Å². The van der Waals surface area contributed by atoms with Gasteiger partial charge in [0.25, 0.3) is 0 Å². The van der Waals surface area contributed by atoms with Gasteiger partial charge in [-0.05, 0) is 18.6 Å². The SMILES string of the molecule is CCCC(CNc1ccccc1S(N)(=O)=O)C(=O)O. The quantitative estimate of drug-likeness (QED) is 0.698. The first-order valence-electron chi connectivity index (χ1n) is 5.94. The average Bonchev–Trinajstić information content (AvgIpc) is 2.33. The van der Waals surface area contributed by atoms with Crippen LogP contribution >= 0.6 is 0 Å². The van der Waals surface area contributed by atoms with Crippen LogP contribution in [0.1, 0.15) is 19.8 Å². The van der Waals surface area contributed by atoms with Crippen LogP contribution in [0.25, 0.3) is 0 Å². The number of aliphatic carboxylic acids is 1. The van der Waals surface area contributed by atoms with Crippen molar-refractivity contribution in [1.82, 2.24) is 0 Å². The highest BCUT2D eigenvalue weighted by atomic mass is 32.2. The molecule has 0 aromatic heterocycles. The summed E-state index contributed by atoms with van der Waals surface area (Å²) < 4.78 is 22.8. The molecule has 0 radical (unpaired) electrons. The fourth-order valence-corrected chi connectivity index (χ4v) is 2.47. The minimum atomic E-state index is -3.82. The number of hydrogen-bond donors (Lipinski definition) is 3. The van der Waals surface area contributed by atoms with E-state index in [1.807, 2.05) is 6.92 Å². The zero-order valence-electron chi connectivity index (χ0n) is 10.7. The second kappa shape index (κ2) is 6.53. The van der Waals surface area contributed by atoms with Crippen LogP contribution in [0, 0.1) is 5.92 Å². The molecule has 0 aliphatic rings. The molecule has 1 atom stereocenters. The van der Waals surface area contributed by atoms with Gasteiger partial charge >= 0.3 is 5.97 Å². The largest absolute Gasteiger partial charge is 0.481 e. The molecule has 0 saturated heterocycles. The number of benzene rings is 1. The zero-order chi connectivity index (χ0) is 14.5. The summed E-state index contributed by atoms with van der Waals surface area (Å²) in [5.41, 5.74) is 0.326. The third-order valence-electron chi connectivity index (χ3n) is 2.72. The third kappa shape index (κ3) is 4.53. The van der Waals surface area contributed by atoms with Crippen molar-refractivity contribution >= 4 is 21.7 Å². The zero-order valence-corrected chi connectivity index (χ0v) is 11.5. The molecule has 7 heteroatoms. The molecule has 0 amide bonds. The number of primary sulfonamides is 1. The summed E-state index contributed by atoms with van der Waals surface area (Å²) in [6.45, 7) is 2.06. The Morgan fingerprint density at radius 2 is 2.05 bits per heavy atom. The van der Waals surface area contributed by atoms with Gasteiger partial charge in [0.2, 0.25) is 10.0 Å². The Balaban J connectivity index is 2.86. The molecular formula is C12H18N2O4S. The Morgan fingerprint density at radius 1 is 1.42 bits per heavy atom. The Hall–Kier alpha value is -1.60. The van der Waals surface area contributed by atoms with Gasteiger partial charge in [-0.3, -0.25) is 4.79 Å². The second-order valence-corrected chi connectivity index (χ2v) is 5.78. The Morgan fingerprint density at radius 3 is 2.58 bits per heavy atom. The monoisotopic (exact) mass is 286 g/mol. The van der Waals surface area contributed by atoms with Gasteiger partial charge in [0, 0.05) is 6.54 Å². The van der Waals surface area contributed by atoms with Crippen molar-refractivity contribution in [2.45, 2.75) is 24.7 Å². The second-order valence-electron chi connectivity index (χ2n) is 4.25. The standard InChI is InChI=1S/C12H18N2O4S/c1-2-5-9(12(15)16)8-14-10-6-3-4-7-11(10)19(13,17)18/h3-4,6-7,9,14H,2,5,8H2,1H3,(H,15,16)(H2,13,17,18). The summed E-state index contributed by atoms with van der Waals surface area (Å²) in [4.78, 5) is 11.0. The van der Waals surface area contributed by atoms with Crippen LogP contribution in [0.5, 0.6) is 0 Å². The number of carbonyl (C=O) groups is 1.